The smallest absolute Gasteiger partial charge is 0.329 e. The minimum absolute atomic E-state index is 0.00638. The zero-order valence-corrected chi connectivity index (χ0v) is 22.0. The highest BCUT2D eigenvalue weighted by molar-refractivity contribution is 5.86. The van der Waals surface area contributed by atoms with Crippen LogP contribution in [0.15, 0.2) is 36.8 Å². The van der Waals surface area contributed by atoms with E-state index in [4.69, 9.17) is 0 Å². The fraction of sp³-hybridized carbons (Fsp3) is 0.483. The summed E-state index contributed by atoms with van der Waals surface area (Å²) < 4.78 is 43.0. The van der Waals surface area contributed by atoms with Gasteiger partial charge in [-0.15, -0.1) is 0 Å². The van der Waals surface area contributed by atoms with Gasteiger partial charge in [-0.3, -0.25) is 10.00 Å². The zero-order chi connectivity index (χ0) is 27.1. The quantitative estimate of drug-likeness (QED) is 0.300. The van der Waals surface area contributed by atoms with Crippen molar-refractivity contribution in [2.24, 2.45) is 0 Å². The number of nitrogens with one attached hydrogen (secondary N) is 1. The summed E-state index contributed by atoms with van der Waals surface area (Å²) >= 11 is 0. The van der Waals surface area contributed by atoms with Gasteiger partial charge in [0, 0.05) is 72.6 Å². The number of aromatic nitrogens is 5. The van der Waals surface area contributed by atoms with Gasteiger partial charge in [0.15, 0.2) is 0 Å². The first-order chi connectivity index (χ1) is 18.8. The Morgan fingerprint density at radius 2 is 1.90 bits per heavy atom. The van der Waals surface area contributed by atoms with Crippen molar-refractivity contribution in [3.63, 3.8) is 0 Å². The lowest BCUT2D eigenvalue weighted by atomic mass is 10.00. The molecule has 39 heavy (non-hydrogen) atoms. The van der Waals surface area contributed by atoms with Crippen molar-refractivity contribution in [1.29, 1.82) is 5.26 Å². The van der Waals surface area contributed by atoms with Crippen LogP contribution in [-0.2, 0) is 19.5 Å². The van der Waals surface area contributed by atoms with E-state index >= 15 is 0 Å². The van der Waals surface area contributed by atoms with E-state index < -0.39 is 12.6 Å². The van der Waals surface area contributed by atoms with Crippen molar-refractivity contribution < 1.29 is 13.2 Å². The van der Waals surface area contributed by atoms with E-state index in [1.807, 2.05) is 16.8 Å². The number of hydrogen-bond donors (Lipinski definition) is 1. The molecule has 204 valence electrons. The summed E-state index contributed by atoms with van der Waals surface area (Å²) in [5.41, 5.74) is 5.81. The van der Waals surface area contributed by atoms with Gasteiger partial charge in [0.2, 0.25) is 0 Å². The van der Waals surface area contributed by atoms with Gasteiger partial charge < -0.3 is 9.13 Å². The average Bonchev–Trinajstić information content (AvgIpc) is 3.31. The Morgan fingerprint density at radius 1 is 1.10 bits per heavy atom. The highest BCUT2D eigenvalue weighted by Crippen LogP contribution is 2.42. The lowest BCUT2D eigenvalue weighted by Gasteiger charge is -2.34. The van der Waals surface area contributed by atoms with Crippen molar-refractivity contribution in [1.82, 2.24) is 29.2 Å². The number of fused-ring (bicyclic) bond motifs is 1. The van der Waals surface area contributed by atoms with Crippen LogP contribution in [0.4, 0.5) is 13.2 Å². The van der Waals surface area contributed by atoms with Crippen molar-refractivity contribution >= 4 is 10.9 Å². The van der Waals surface area contributed by atoms with E-state index in [2.05, 4.69) is 49.8 Å². The summed E-state index contributed by atoms with van der Waals surface area (Å²) in [7, 11) is 0. The monoisotopic (exact) mass is 535 g/mol. The molecule has 4 aromatic rings. The Morgan fingerprint density at radius 3 is 2.56 bits per heavy atom. The van der Waals surface area contributed by atoms with Crippen LogP contribution in [0.3, 0.4) is 0 Å². The van der Waals surface area contributed by atoms with Crippen LogP contribution in [-0.4, -0.2) is 48.5 Å². The Balaban J connectivity index is 1.16. The molecule has 1 aromatic carbocycles. The van der Waals surface area contributed by atoms with Crippen LogP contribution < -0.4 is 0 Å². The molecule has 3 aromatic heterocycles. The number of likely N-dealkylation sites (tertiary alicyclic amines) is 1. The molecule has 0 radical (unpaired) electrons. The van der Waals surface area contributed by atoms with E-state index in [1.54, 1.807) is 12.4 Å². The fourth-order valence-electron chi connectivity index (χ4n) is 6.01. The second kappa shape index (κ2) is 10.2. The third-order valence-corrected chi connectivity index (χ3v) is 8.30. The number of benzene rings is 1. The predicted octanol–water partition coefficient (Wildman–Crippen LogP) is 6.00. The number of piperidine rings is 1. The molecule has 6 rings (SSSR count). The molecule has 1 saturated carbocycles. The van der Waals surface area contributed by atoms with Gasteiger partial charge in [0.1, 0.15) is 17.6 Å². The average molecular weight is 536 g/mol. The fourth-order valence-corrected chi connectivity index (χ4v) is 6.01. The molecule has 2 fully saturated rings. The van der Waals surface area contributed by atoms with Crippen LogP contribution in [0.25, 0.3) is 10.9 Å². The Kier molecular flexibility index (Phi) is 6.71. The second-order valence-corrected chi connectivity index (χ2v) is 11.0. The highest BCUT2D eigenvalue weighted by atomic mass is 19.4. The minimum atomic E-state index is -4.16. The summed E-state index contributed by atoms with van der Waals surface area (Å²) in [4.78, 5) is 7.00. The number of alkyl halides is 3. The van der Waals surface area contributed by atoms with E-state index in [1.165, 1.54) is 11.1 Å². The number of imidazole rings is 1. The molecule has 1 aliphatic heterocycles. The Labute approximate surface area is 225 Å². The van der Waals surface area contributed by atoms with Crippen molar-refractivity contribution in [3.05, 3.63) is 70.7 Å². The van der Waals surface area contributed by atoms with Crippen molar-refractivity contribution in [3.8, 4) is 6.07 Å². The molecule has 7 nitrogen and oxygen atoms in total. The molecule has 0 amide bonds. The molecule has 2 aliphatic rings. The third-order valence-electron chi connectivity index (χ3n) is 8.30. The zero-order valence-electron chi connectivity index (χ0n) is 22.0. The molecular formula is C29H32F3N7. The Hall–Kier alpha value is -3.58. The number of rotatable bonds is 8. The van der Waals surface area contributed by atoms with E-state index in [9.17, 15) is 18.4 Å². The summed E-state index contributed by atoms with van der Waals surface area (Å²) in [5.74, 6) is 1.39. The first-order valence-electron chi connectivity index (χ1n) is 13.7. The number of H-pyrrole nitrogens is 1. The maximum Gasteiger partial charge on any atom is 0.389 e. The van der Waals surface area contributed by atoms with E-state index in [0.717, 1.165) is 73.3 Å². The van der Waals surface area contributed by atoms with Crippen LogP contribution in [0.1, 0.15) is 78.0 Å². The van der Waals surface area contributed by atoms with Gasteiger partial charge in [0.25, 0.3) is 0 Å². The molecule has 0 atom stereocenters. The van der Waals surface area contributed by atoms with Crippen LogP contribution in [0.2, 0.25) is 0 Å². The summed E-state index contributed by atoms with van der Waals surface area (Å²) in [6.07, 6.45) is 4.27. The molecule has 0 bridgehead atoms. The van der Waals surface area contributed by atoms with Crippen LogP contribution in [0, 0.1) is 18.3 Å². The topological polar surface area (TPSA) is 78.5 Å². The first kappa shape index (κ1) is 25.7. The predicted molar refractivity (Wildman–Crippen MR) is 141 cm³/mol. The number of halogens is 3. The second-order valence-electron chi connectivity index (χ2n) is 11.0. The van der Waals surface area contributed by atoms with Gasteiger partial charge in [-0.1, -0.05) is 6.07 Å². The number of nitrogens with zero attached hydrogens (tertiary/aromatic N) is 6. The molecule has 1 saturated heterocycles. The molecule has 1 N–H and O–H groups in total. The van der Waals surface area contributed by atoms with E-state index in [-0.39, 0.29) is 12.5 Å². The molecule has 0 spiro atoms. The van der Waals surface area contributed by atoms with Crippen LogP contribution >= 0.6 is 0 Å². The van der Waals surface area contributed by atoms with Gasteiger partial charge >= 0.3 is 6.18 Å². The van der Waals surface area contributed by atoms with Crippen LogP contribution in [0.5, 0.6) is 0 Å². The summed E-state index contributed by atoms with van der Waals surface area (Å²) in [6, 6.07) is 8.77. The first-order valence-corrected chi connectivity index (χ1v) is 13.7. The maximum atomic E-state index is 13.0. The van der Waals surface area contributed by atoms with E-state index in [0.29, 0.717) is 18.2 Å². The number of nitriles is 1. The summed E-state index contributed by atoms with van der Waals surface area (Å²) in [6.45, 7) is 5.27. The summed E-state index contributed by atoms with van der Waals surface area (Å²) in [5, 5.41) is 17.7. The number of aromatic amines is 1. The van der Waals surface area contributed by atoms with Crippen molar-refractivity contribution in [2.45, 2.75) is 76.7 Å². The van der Waals surface area contributed by atoms with Gasteiger partial charge in [-0.25, -0.2) is 4.98 Å². The SMILES string of the molecule is Cc1c(CN2CCC(n3c(CCC(F)(F)F)cnc3C3CC3)CC2)ccc2c1cc(C#N)n2Cc1cn[nH]c1. The normalized spacial score (nSPS) is 17.2. The van der Waals surface area contributed by atoms with Gasteiger partial charge in [0.05, 0.1) is 12.7 Å². The largest absolute Gasteiger partial charge is 0.389 e. The molecule has 1 aliphatic carbocycles. The molecule has 0 unspecified atom stereocenters. The van der Waals surface area contributed by atoms with Gasteiger partial charge in [-0.05, 0) is 62.3 Å². The lowest BCUT2D eigenvalue weighted by Crippen LogP contribution is -2.35. The molecule has 10 heteroatoms. The number of aryl methyl sites for hydroxylation is 2. The molecule has 4 heterocycles. The third kappa shape index (κ3) is 5.33. The van der Waals surface area contributed by atoms with Crippen molar-refractivity contribution in [2.75, 3.05) is 13.1 Å². The van der Waals surface area contributed by atoms with Gasteiger partial charge in [-0.2, -0.15) is 23.5 Å². The Bertz CT molecular complexity index is 1490. The highest BCUT2D eigenvalue weighted by Gasteiger charge is 2.34. The standard InChI is InChI=1S/C29H32F3N7/c1-19-22(4-5-27-26(19)12-25(13-33)38(27)17-20-14-35-36-15-20)18-37-10-7-23(8-11-37)39-24(6-9-29(30,31)32)16-34-28(39)21-2-3-21/h4-5,12,14-16,21,23H,2-3,6-11,17-18H2,1H3,(H,35,36). The lowest BCUT2D eigenvalue weighted by molar-refractivity contribution is -0.134. The number of hydrogen-bond acceptors (Lipinski definition) is 4. The minimum Gasteiger partial charge on any atom is -0.329 e. The maximum absolute atomic E-state index is 13.0. The molecular weight excluding hydrogens is 503 g/mol.